The second kappa shape index (κ2) is 6.29. The molecule has 0 saturated carbocycles. The molecule has 0 aliphatic carbocycles. The minimum Gasteiger partial charge on any atom is -0.508 e. The maximum atomic E-state index is 9.68. The molecule has 0 unspecified atom stereocenters. The Kier molecular flexibility index (Phi) is 4.85. The lowest BCUT2D eigenvalue weighted by molar-refractivity contribution is 0.0898. The van der Waals surface area contributed by atoms with E-state index in [1.807, 2.05) is 4.57 Å². The average molecular weight is 370 g/mol. The number of rotatable bonds is 6. The second-order valence-electron chi connectivity index (χ2n) is 6.17. The number of nitrogens with zero attached hydrogens (tertiary/aromatic N) is 3. The van der Waals surface area contributed by atoms with E-state index in [9.17, 15) is 5.11 Å². The van der Waals surface area contributed by atoms with Gasteiger partial charge >= 0.3 is 0 Å². The van der Waals surface area contributed by atoms with Gasteiger partial charge in [0.2, 0.25) is 0 Å². The molecule has 0 aliphatic rings. The van der Waals surface area contributed by atoms with E-state index < -0.39 is 8.07 Å². The molecule has 0 atom stereocenters. The van der Waals surface area contributed by atoms with Crippen LogP contribution in [0.1, 0.15) is 5.56 Å². The molecule has 21 heavy (non-hydrogen) atoms. The molecule has 0 aromatic carbocycles. The van der Waals surface area contributed by atoms with Crippen LogP contribution in [0.5, 0.6) is 0 Å². The number of hydrogen-bond acceptors (Lipinski definition) is 4. The van der Waals surface area contributed by atoms with Crippen molar-refractivity contribution in [1.29, 1.82) is 0 Å². The molecular weight excluding hydrogens is 350 g/mol. The van der Waals surface area contributed by atoms with Crippen molar-refractivity contribution in [3.8, 4) is 0 Å². The fourth-order valence-electron chi connectivity index (χ4n) is 1.88. The van der Waals surface area contributed by atoms with Gasteiger partial charge in [-0.15, -0.1) is 0 Å². The molecule has 1 N–H and O–H groups in total. The first-order valence-electron chi connectivity index (χ1n) is 6.75. The Morgan fingerprint density at radius 3 is 2.81 bits per heavy atom. The fraction of sp³-hybridized carbons (Fsp3) is 0.429. The topological polar surface area (TPSA) is 60.2 Å². The molecular formula is C14H20BrN3O2Si. The van der Waals surface area contributed by atoms with E-state index in [2.05, 4.69) is 52.1 Å². The second-order valence-corrected chi connectivity index (χ2v) is 12.6. The summed E-state index contributed by atoms with van der Waals surface area (Å²) in [6.45, 7) is 11.6. The Balaban J connectivity index is 2.18. The standard InChI is InChI=1S/C14H20BrN3O2Si/c1-10(19)11-8-18(9-20-5-6-21(2,3)4)14-13(11)17-12(15)7-16-14/h7-8,19H,1,5-6,9H2,2-4H3. The van der Waals surface area contributed by atoms with Gasteiger partial charge < -0.3 is 14.4 Å². The first kappa shape index (κ1) is 16.2. The molecule has 0 spiro atoms. The van der Waals surface area contributed by atoms with Crippen LogP contribution in [-0.2, 0) is 11.5 Å². The highest BCUT2D eigenvalue weighted by Crippen LogP contribution is 2.24. The van der Waals surface area contributed by atoms with Gasteiger partial charge in [0.1, 0.15) is 22.6 Å². The van der Waals surface area contributed by atoms with Crippen LogP contribution in [0.3, 0.4) is 0 Å². The lowest BCUT2D eigenvalue weighted by Crippen LogP contribution is -2.22. The predicted molar refractivity (Wildman–Crippen MR) is 91.0 cm³/mol. The quantitative estimate of drug-likeness (QED) is 0.474. The van der Waals surface area contributed by atoms with Gasteiger partial charge in [0.05, 0.1) is 11.8 Å². The Labute approximate surface area is 133 Å². The van der Waals surface area contributed by atoms with Crippen LogP contribution in [0.2, 0.25) is 25.7 Å². The highest BCUT2D eigenvalue weighted by Gasteiger charge is 2.15. The third-order valence-corrected chi connectivity index (χ3v) is 5.16. The van der Waals surface area contributed by atoms with E-state index in [0.717, 1.165) is 12.7 Å². The Hall–Kier alpha value is -1.18. The van der Waals surface area contributed by atoms with Gasteiger partial charge in [-0.3, -0.25) is 0 Å². The molecule has 0 aliphatic heterocycles. The molecule has 0 saturated heterocycles. The van der Waals surface area contributed by atoms with Gasteiger partial charge in [-0.1, -0.05) is 26.2 Å². The molecule has 2 rings (SSSR count). The van der Waals surface area contributed by atoms with Gasteiger partial charge in [0.25, 0.3) is 0 Å². The van der Waals surface area contributed by atoms with E-state index in [0.29, 0.717) is 28.1 Å². The molecule has 0 amide bonds. The summed E-state index contributed by atoms with van der Waals surface area (Å²) in [6.07, 6.45) is 3.40. The molecule has 2 aromatic rings. The monoisotopic (exact) mass is 369 g/mol. The van der Waals surface area contributed by atoms with Gasteiger partial charge in [-0.05, 0) is 22.0 Å². The highest BCUT2D eigenvalue weighted by atomic mass is 79.9. The maximum Gasteiger partial charge on any atom is 0.161 e. The van der Waals surface area contributed by atoms with Crippen molar-refractivity contribution < 1.29 is 9.84 Å². The fourth-order valence-corrected chi connectivity index (χ4v) is 2.92. The Morgan fingerprint density at radius 2 is 2.19 bits per heavy atom. The zero-order chi connectivity index (χ0) is 15.6. The molecule has 7 heteroatoms. The van der Waals surface area contributed by atoms with Crippen molar-refractivity contribution in [2.24, 2.45) is 0 Å². The zero-order valence-corrected chi connectivity index (χ0v) is 15.1. The first-order chi connectivity index (χ1) is 9.78. The molecule has 5 nitrogen and oxygen atoms in total. The summed E-state index contributed by atoms with van der Waals surface area (Å²) in [5.41, 5.74) is 1.87. The van der Waals surface area contributed by atoms with Gasteiger partial charge in [0.15, 0.2) is 5.65 Å². The Morgan fingerprint density at radius 1 is 1.48 bits per heavy atom. The molecule has 114 valence electrons. The van der Waals surface area contributed by atoms with Crippen LogP contribution < -0.4 is 0 Å². The van der Waals surface area contributed by atoms with Crippen LogP contribution in [0.25, 0.3) is 16.9 Å². The third kappa shape index (κ3) is 4.15. The molecule has 2 aromatic heterocycles. The largest absolute Gasteiger partial charge is 0.508 e. The van der Waals surface area contributed by atoms with Crippen LogP contribution in [0.4, 0.5) is 0 Å². The first-order valence-corrected chi connectivity index (χ1v) is 11.3. The van der Waals surface area contributed by atoms with Gasteiger partial charge in [-0.2, -0.15) is 0 Å². The number of aliphatic hydroxyl groups excluding tert-OH is 1. The SMILES string of the molecule is C=C(O)c1cn(COCC[Si](C)(C)C)c2ncc(Br)nc12. The molecule has 0 fully saturated rings. The minimum absolute atomic E-state index is 0.0201. The Bertz CT molecular complexity index is 664. The molecule has 0 radical (unpaired) electrons. The van der Waals surface area contributed by atoms with Crippen LogP contribution in [-0.4, -0.2) is 34.3 Å². The highest BCUT2D eigenvalue weighted by molar-refractivity contribution is 9.10. The number of halogens is 1. The number of ether oxygens (including phenoxy) is 1. The summed E-state index contributed by atoms with van der Waals surface area (Å²) in [4.78, 5) is 8.69. The number of hydrogen-bond donors (Lipinski definition) is 1. The zero-order valence-electron chi connectivity index (χ0n) is 12.6. The van der Waals surface area contributed by atoms with Crippen molar-refractivity contribution in [1.82, 2.24) is 14.5 Å². The van der Waals surface area contributed by atoms with Crippen molar-refractivity contribution in [2.75, 3.05) is 6.61 Å². The summed E-state index contributed by atoms with van der Waals surface area (Å²) in [5.74, 6) is -0.0201. The summed E-state index contributed by atoms with van der Waals surface area (Å²) in [5, 5.41) is 9.68. The van der Waals surface area contributed by atoms with Crippen LogP contribution in [0.15, 0.2) is 23.6 Å². The number of fused-ring (bicyclic) bond motifs is 1. The summed E-state index contributed by atoms with van der Waals surface area (Å²) >= 11 is 3.29. The van der Waals surface area contributed by atoms with Crippen molar-refractivity contribution in [3.63, 3.8) is 0 Å². The van der Waals surface area contributed by atoms with E-state index in [1.54, 1.807) is 12.4 Å². The third-order valence-electron chi connectivity index (χ3n) is 3.07. The predicted octanol–water partition coefficient (Wildman–Crippen LogP) is 4.03. The molecule has 0 bridgehead atoms. The molecule has 2 heterocycles. The number of aromatic nitrogens is 3. The normalized spacial score (nSPS) is 12.0. The summed E-state index contributed by atoms with van der Waals surface area (Å²) in [7, 11) is -1.09. The average Bonchev–Trinajstić information content (AvgIpc) is 2.71. The van der Waals surface area contributed by atoms with Crippen molar-refractivity contribution >= 4 is 40.9 Å². The van der Waals surface area contributed by atoms with E-state index in [1.165, 1.54) is 0 Å². The van der Waals surface area contributed by atoms with Crippen molar-refractivity contribution in [2.45, 2.75) is 32.4 Å². The smallest absolute Gasteiger partial charge is 0.161 e. The lowest BCUT2D eigenvalue weighted by Gasteiger charge is -2.15. The summed E-state index contributed by atoms with van der Waals surface area (Å²) in [6, 6.07) is 1.11. The van der Waals surface area contributed by atoms with Crippen molar-refractivity contribution in [3.05, 3.63) is 29.1 Å². The van der Waals surface area contributed by atoms with E-state index in [4.69, 9.17) is 4.74 Å². The lowest BCUT2D eigenvalue weighted by atomic mass is 10.3. The van der Waals surface area contributed by atoms with Crippen LogP contribution in [0, 0.1) is 0 Å². The van der Waals surface area contributed by atoms with E-state index >= 15 is 0 Å². The van der Waals surface area contributed by atoms with Crippen LogP contribution >= 0.6 is 15.9 Å². The van der Waals surface area contributed by atoms with E-state index in [-0.39, 0.29) is 5.76 Å². The maximum absolute atomic E-state index is 9.68. The minimum atomic E-state index is -1.09. The number of aliphatic hydroxyl groups is 1. The van der Waals surface area contributed by atoms with Gasteiger partial charge in [0, 0.05) is 20.9 Å². The summed E-state index contributed by atoms with van der Waals surface area (Å²) < 4.78 is 8.20. The van der Waals surface area contributed by atoms with Gasteiger partial charge in [-0.25, -0.2) is 9.97 Å².